The number of benzene rings is 2. The molecule has 8 heteroatoms. The third kappa shape index (κ3) is 4.16. The lowest BCUT2D eigenvalue weighted by Crippen LogP contribution is -2.45. The zero-order valence-corrected chi connectivity index (χ0v) is 15.0. The predicted octanol–water partition coefficient (Wildman–Crippen LogP) is 2.89. The van der Waals surface area contributed by atoms with Gasteiger partial charge in [-0.15, -0.1) is 0 Å². The molecule has 1 unspecified atom stereocenters. The lowest BCUT2D eigenvalue weighted by atomic mass is 10.1. The molecule has 1 atom stereocenters. The summed E-state index contributed by atoms with van der Waals surface area (Å²) >= 11 is 0. The molecule has 3 rings (SSSR count). The van der Waals surface area contributed by atoms with E-state index < -0.39 is 41.7 Å². The van der Waals surface area contributed by atoms with E-state index in [0.29, 0.717) is 11.4 Å². The summed E-state index contributed by atoms with van der Waals surface area (Å²) < 4.78 is 37.1. The standard InChI is InChI=1S/C20H17F2NO5/c1-12-20(26)23(16-4-2-3-5-18(16)28-12)9-8-19(25)27-11-17(24)14-10-13(21)6-7-15(14)22/h2-7,10,12H,8-9,11H2,1H3. The Morgan fingerprint density at radius 1 is 1.18 bits per heavy atom. The van der Waals surface area contributed by atoms with Crippen LogP contribution in [0.2, 0.25) is 0 Å². The normalized spacial score (nSPS) is 15.6. The molecule has 0 bridgehead atoms. The molecular weight excluding hydrogens is 372 g/mol. The van der Waals surface area contributed by atoms with Crippen LogP contribution >= 0.6 is 0 Å². The van der Waals surface area contributed by atoms with Crippen LogP contribution in [-0.2, 0) is 14.3 Å². The number of anilines is 1. The Morgan fingerprint density at radius 2 is 1.93 bits per heavy atom. The number of hydrogen-bond acceptors (Lipinski definition) is 5. The fourth-order valence-electron chi connectivity index (χ4n) is 2.80. The Bertz CT molecular complexity index is 931. The molecule has 2 aromatic carbocycles. The largest absolute Gasteiger partial charge is 0.479 e. The monoisotopic (exact) mass is 389 g/mol. The third-order valence-electron chi connectivity index (χ3n) is 4.21. The van der Waals surface area contributed by atoms with Crippen LogP contribution in [0, 0.1) is 11.6 Å². The van der Waals surface area contributed by atoms with E-state index in [4.69, 9.17) is 9.47 Å². The summed E-state index contributed by atoms with van der Waals surface area (Å²) in [4.78, 5) is 37.6. The number of carbonyl (C=O) groups excluding carboxylic acids is 3. The van der Waals surface area contributed by atoms with Crippen molar-refractivity contribution in [1.29, 1.82) is 0 Å². The van der Waals surface area contributed by atoms with Gasteiger partial charge in [0.05, 0.1) is 17.7 Å². The third-order valence-corrected chi connectivity index (χ3v) is 4.21. The van der Waals surface area contributed by atoms with E-state index in [1.165, 1.54) is 4.90 Å². The predicted molar refractivity (Wildman–Crippen MR) is 95.1 cm³/mol. The number of nitrogens with zero attached hydrogens (tertiary/aromatic N) is 1. The molecule has 0 fully saturated rings. The van der Waals surface area contributed by atoms with Crippen molar-refractivity contribution in [2.24, 2.45) is 0 Å². The first-order valence-corrected chi connectivity index (χ1v) is 8.57. The molecular formula is C20H17F2NO5. The van der Waals surface area contributed by atoms with Crippen molar-refractivity contribution in [3.05, 3.63) is 59.7 Å². The van der Waals surface area contributed by atoms with E-state index in [9.17, 15) is 23.2 Å². The van der Waals surface area contributed by atoms with Crippen molar-refractivity contribution in [2.75, 3.05) is 18.1 Å². The molecule has 0 radical (unpaired) electrons. The number of amides is 1. The minimum absolute atomic E-state index is 0.0326. The molecule has 146 valence electrons. The number of ether oxygens (including phenoxy) is 2. The van der Waals surface area contributed by atoms with Gasteiger partial charge in [-0.05, 0) is 37.3 Å². The number of hydrogen-bond donors (Lipinski definition) is 0. The molecule has 1 heterocycles. The molecule has 2 aromatic rings. The van der Waals surface area contributed by atoms with Gasteiger partial charge >= 0.3 is 5.97 Å². The molecule has 0 saturated carbocycles. The second-order valence-electron chi connectivity index (χ2n) is 6.18. The van der Waals surface area contributed by atoms with Gasteiger partial charge in [0.15, 0.2) is 12.7 Å². The van der Waals surface area contributed by atoms with Crippen LogP contribution in [0.5, 0.6) is 5.75 Å². The number of rotatable bonds is 6. The van der Waals surface area contributed by atoms with Crippen LogP contribution < -0.4 is 9.64 Å². The summed E-state index contributed by atoms with van der Waals surface area (Å²) in [5, 5.41) is 0. The fraction of sp³-hybridized carbons (Fsp3) is 0.250. The molecule has 0 spiro atoms. The second kappa shape index (κ2) is 8.16. The van der Waals surface area contributed by atoms with Crippen molar-refractivity contribution in [1.82, 2.24) is 0 Å². The summed E-state index contributed by atoms with van der Waals surface area (Å²) in [5.41, 5.74) is 0.0511. The van der Waals surface area contributed by atoms with Gasteiger partial charge < -0.3 is 14.4 Å². The van der Waals surface area contributed by atoms with Gasteiger partial charge in [0, 0.05) is 6.54 Å². The van der Waals surface area contributed by atoms with Crippen LogP contribution in [0.25, 0.3) is 0 Å². The number of Topliss-reactive ketones (excluding diaryl/α,β-unsaturated/α-hetero) is 1. The number of fused-ring (bicyclic) bond motifs is 1. The van der Waals surface area contributed by atoms with Crippen LogP contribution in [-0.4, -0.2) is 36.9 Å². The summed E-state index contributed by atoms with van der Waals surface area (Å²) in [6.45, 7) is 0.921. The Balaban J connectivity index is 1.58. The Labute approximate surface area is 159 Å². The number of ketones is 1. The van der Waals surface area contributed by atoms with Gasteiger partial charge in [0.1, 0.15) is 17.4 Å². The molecule has 1 aliphatic rings. The Kier molecular flexibility index (Phi) is 5.67. The summed E-state index contributed by atoms with van der Waals surface area (Å²) in [6, 6.07) is 9.38. The van der Waals surface area contributed by atoms with E-state index in [1.807, 2.05) is 0 Å². The SMILES string of the molecule is CC1Oc2ccccc2N(CCC(=O)OCC(=O)c2cc(F)ccc2F)C1=O. The van der Waals surface area contributed by atoms with E-state index in [-0.39, 0.29) is 18.9 Å². The maximum Gasteiger partial charge on any atom is 0.308 e. The van der Waals surface area contributed by atoms with Crippen LogP contribution in [0.1, 0.15) is 23.7 Å². The zero-order chi connectivity index (χ0) is 20.3. The van der Waals surface area contributed by atoms with Gasteiger partial charge in [0.2, 0.25) is 5.78 Å². The number of esters is 1. The highest BCUT2D eigenvalue weighted by Gasteiger charge is 2.31. The first-order valence-electron chi connectivity index (χ1n) is 8.57. The number of para-hydroxylation sites is 2. The quantitative estimate of drug-likeness (QED) is 0.561. The average molecular weight is 389 g/mol. The van der Waals surface area contributed by atoms with Gasteiger partial charge in [0.25, 0.3) is 5.91 Å². The zero-order valence-electron chi connectivity index (χ0n) is 15.0. The highest BCUT2D eigenvalue weighted by atomic mass is 19.1. The van der Waals surface area contributed by atoms with E-state index in [2.05, 4.69) is 0 Å². The molecule has 1 aliphatic heterocycles. The van der Waals surface area contributed by atoms with Crippen molar-refractivity contribution in [2.45, 2.75) is 19.4 Å². The summed E-state index contributed by atoms with van der Waals surface area (Å²) in [5.74, 6) is -3.04. The molecule has 1 amide bonds. The molecule has 0 saturated heterocycles. The summed E-state index contributed by atoms with van der Waals surface area (Å²) in [6.07, 6.45) is -0.866. The van der Waals surface area contributed by atoms with Crippen LogP contribution in [0.4, 0.5) is 14.5 Å². The lowest BCUT2D eigenvalue weighted by Gasteiger charge is -2.32. The second-order valence-corrected chi connectivity index (χ2v) is 6.18. The molecule has 6 nitrogen and oxygen atoms in total. The lowest BCUT2D eigenvalue weighted by molar-refractivity contribution is -0.142. The highest BCUT2D eigenvalue weighted by molar-refractivity contribution is 6.00. The minimum Gasteiger partial charge on any atom is -0.479 e. The fourth-order valence-corrected chi connectivity index (χ4v) is 2.80. The van der Waals surface area contributed by atoms with Crippen LogP contribution in [0.15, 0.2) is 42.5 Å². The first kappa shape index (κ1) is 19.5. The number of halogens is 2. The van der Waals surface area contributed by atoms with Gasteiger partial charge in [-0.1, -0.05) is 12.1 Å². The van der Waals surface area contributed by atoms with Crippen molar-refractivity contribution >= 4 is 23.3 Å². The van der Waals surface area contributed by atoms with Crippen molar-refractivity contribution in [3.8, 4) is 5.75 Å². The van der Waals surface area contributed by atoms with Crippen molar-refractivity contribution < 1.29 is 32.6 Å². The topological polar surface area (TPSA) is 72.9 Å². The minimum atomic E-state index is -0.896. The van der Waals surface area contributed by atoms with Crippen molar-refractivity contribution in [3.63, 3.8) is 0 Å². The van der Waals surface area contributed by atoms with Gasteiger partial charge in [-0.3, -0.25) is 14.4 Å². The number of carbonyl (C=O) groups is 3. The highest BCUT2D eigenvalue weighted by Crippen LogP contribution is 2.33. The molecule has 0 aromatic heterocycles. The van der Waals surface area contributed by atoms with Gasteiger partial charge in [-0.2, -0.15) is 0 Å². The van der Waals surface area contributed by atoms with E-state index >= 15 is 0 Å². The Hall–Kier alpha value is -3.29. The first-order chi connectivity index (χ1) is 13.4. The molecule has 28 heavy (non-hydrogen) atoms. The van der Waals surface area contributed by atoms with E-state index in [0.717, 1.165) is 18.2 Å². The molecule has 0 aliphatic carbocycles. The average Bonchev–Trinajstić information content (AvgIpc) is 2.68. The van der Waals surface area contributed by atoms with E-state index in [1.54, 1.807) is 31.2 Å². The maximum absolute atomic E-state index is 13.6. The van der Waals surface area contributed by atoms with Crippen LogP contribution in [0.3, 0.4) is 0 Å². The maximum atomic E-state index is 13.6. The summed E-state index contributed by atoms with van der Waals surface area (Å²) in [7, 11) is 0. The smallest absolute Gasteiger partial charge is 0.308 e. The molecule has 0 N–H and O–H groups in total. The van der Waals surface area contributed by atoms with Gasteiger partial charge in [-0.25, -0.2) is 8.78 Å². The Morgan fingerprint density at radius 3 is 2.71 bits per heavy atom.